The Morgan fingerprint density at radius 3 is 2.93 bits per heavy atom. The van der Waals surface area contributed by atoms with E-state index in [2.05, 4.69) is 27.0 Å². The molecule has 0 saturated carbocycles. The van der Waals surface area contributed by atoms with Gasteiger partial charge in [-0.15, -0.1) is 11.8 Å². The first kappa shape index (κ1) is 17.9. The van der Waals surface area contributed by atoms with Crippen molar-refractivity contribution in [1.82, 2.24) is 9.97 Å². The maximum atomic E-state index is 13.8. The Kier molecular flexibility index (Phi) is 5.07. The third kappa shape index (κ3) is 3.81. The Bertz CT molecular complexity index is 943. The minimum atomic E-state index is -0.188. The molecular weight excluding hydrogens is 361 g/mol. The number of hydrogen-bond acceptors (Lipinski definition) is 4. The second-order valence-corrected chi connectivity index (χ2v) is 7.92. The van der Waals surface area contributed by atoms with Gasteiger partial charge in [0.15, 0.2) is 0 Å². The molecule has 1 aliphatic heterocycles. The van der Waals surface area contributed by atoms with E-state index in [1.54, 1.807) is 37.3 Å². The molecule has 3 aromatic rings. The van der Waals surface area contributed by atoms with Gasteiger partial charge in [-0.25, -0.2) is 9.37 Å². The van der Waals surface area contributed by atoms with Crippen molar-refractivity contribution in [3.05, 3.63) is 71.6 Å². The Labute approximate surface area is 162 Å². The topological polar surface area (TPSA) is 41.1 Å². The molecule has 0 bridgehead atoms. The Morgan fingerprint density at radius 1 is 1.30 bits per heavy atom. The number of anilines is 1. The summed E-state index contributed by atoms with van der Waals surface area (Å²) in [5.74, 6) is 0.643. The molecule has 0 amide bonds. The van der Waals surface area contributed by atoms with E-state index < -0.39 is 0 Å². The Balaban J connectivity index is 1.69. The van der Waals surface area contributed by atoms with Gasteiger partial charge < -0.3 is 14.6 Å². The van der Waals surface area contributed by atoms with E-state index in [0.29, 0.717) is 0 Å². The van der Waals surface area contributed by atoms with E-state index in [0.717, 1.165) is 47.1 Å². The molecule has 0 spiro atoms. The Hall–Kier alpha value is -2.47. The van der Waals surface area contributed by atoms with Gasteiger partial charge in [-0.05, 0) is 49.2 Å². The molecular formula is C21H22FN3OS. The van der Waals surface area contributed by atoms with Crippen molar-refractivity contribution in [3.63, 3.8) is 0 Å². The number of thioether (sulfide) groups is 1. The first-order chi connectivity index (χ1) is 13.1. The molecule has 0 fully saturated rings. The van der Waals surface area contributed by atoms with Crippen LogP contribution >= 0.6 is 11.8 Å². The van der Waals surface area contributed by atoms with Crippen LogP contribution in [0.1, 0.15) is 28.6 Å². The summed E-state index contributed by atoms with van der Waals surface area (Å²) in [6.45, 7) is 3.66. The van der Waals surface area contributed by atoms with Crippen LogP contribution in [0.25, 0.3) is 0 Å². The molecule has 2 aromatic carbocycles. The van der Waals surface area contributed by atoms with E-state index in [-0.39, 0.29) is 11.1 Å². The smallest absolute Gasteiger partial charge is 0.123 e. The van der Waals surface area contributed by atoms with Gasteiger partial charge in [-0.2, -0.15) is 0 Å². The van der Waals surface area contributed by atoms with Crippen LogP contribution in [0.2, 0.25) is 0 Å². The monoisotopic (exact) mass is 383 g/mol. The zero-order chi connectivity index (χ0) is 18.8. The van der Waals surface area contributed by atoms with Crippen molar-refractivity contribution in [2.45, 2.75) is 30.0 Å². The molecule has 140 valence electrons. The number of benzene rings is 2. The number of aromatic amines is 1. The van der Waals surface area contributed by atoms with E-state index in [9.17, 15) is 4.39 Å². The van der Waals surface area contributed by atoms with Gasteiger partial charge in [0.25, 0.3) is 0 Å². The Morgan fingerprint density at radius 2 is 2.19 bits per heavy atom. The van der Waals surface area contributed by atoms with Gasteiger partial charge in [-0.1, -0.05) is 12.1 Å². The number of hydrogen-bond donors (Lipinski definition) is 1. The second-order valence-electron chi connectivity index (χ2n) is 6.68. The van der Waals surface area contributed by atoms with Crippen molar-refractivity contribution in [3.8, 4) is 5.75 Å². The summed E-state index contributed by atoms with van der Waals surface area (Å²) >= 11 is 1.77. The summed E-state index contributed by atoms with van der Waals surface area (Å²) in [6, 6.07) is 13.1. The van der Waals surface area contributed by atoms with E-state index in [1.807, 2.05) is 19.1 Å². The van der Waals surface area contributed by atoms with Crippen LogP contribution in [0.3, 0.4) is 0 Å². The largest absolute Gasteiger partial charge is 0.497 e. The minimum Gasteiger partial charge on any atom is -0.497 e. The molecule has 0 aliphatic carbocycles. The summed E-state index contributed by atoms with van der Waals surface area (Å²) < 4.78 is 19.2. The highest BCUT2D eigenvalue weighted by Crippen LogP contribution is 2.46. The van der Waals surface area contributed by atoms with E-state index in [4.69, 9.17) is 4.74 Å². The zero-order valence-corrected chi connectivity index (χ0v) is 16.2. The third-order valence-electron chi connectivity index (χ3n) is 4.93. The van der Waals surface area contributed by atoms with Crippen molar-refractivity contribution >= 4 is 17.4 Å². The first-order valence-corrected chi connectivity index (χ1v) is 9.86. The zero-order valence-electron chi connectivity index (χ0n) is 15.4. The standard InChI is InChI=1S/C21H22FN3OS/c1-14-18(24-13-23-14)12-25-9-8-20(15-4-3-5-16(22)10-15)27-21-11-17(26-2)6-7-19(21)25/h3-7,10-11,13,20H,8-9,12H2,1-2H3,(H,23,24)/t20-/m0/s1. The van der Waals surface area contributed by atoms with Gasteiger partial charge in [0, 0.05) is 22.4 Å². The van der Waals surface area contributed by atoms with Gasteiger partial charge in [-0.3, -0.25) is 0 Å². The molecule has 0 radical (unpaired) electrons. The normalized spacial score (nSPS) is 16.7. The number of halogens is 1. The third-order valence-corrected chi connectivity index (χ3v) is 6.31. The van der Waals surface area contributed by atoms with Crippen LogP contribution in [-0.4, -0.2) is 23.6 Å². The number of nitrogens with zero attached hydrogens (tertiary/aromatic N) is 2. The van der Waals surface area contributed by atoms with Crippen LogP contribution in [0.5, 0.6) is 5.75 Å². The lowest BCUT2D eigenvalue weighted by molar-refractivity contribution is 0.413. The predicted octanol–water partition coefficient (Wildman–Crippen LogP) is 5.11. The average Bonchev–Trinajstić information content (AvgIpc) is 2.98. The molecule has 1 aliphatic rings. The summed E-state index contributed by atoms with van der Waals surface area (Å²) in [5.41, 5.74) is 4.32. The number of imidazole rings is 1. The number of fused-ring (bicyclic) bond motifs is 1. The lowest BCUT2D eigenvalue weighted by Gasteiger charge is -2.24. The van der Waals surface area contributed by atoms with Crippen molar-refractivity contribution < 1.29 is 9.13 Å². The SMILES string of the molecule is COc1ccc2c(c1)S[C@H](c1cccc(F)c1)CCN2Cc1nc[nH]c1C. The number of aromatic nitrogens is 2. The number of nitrogens with one attached hydrogen (secondary N) is 1. The number of methoxy groups -OCH3 is 1. The average molecular weight is 383 g/mol. The molecule has 4 nitrogen and oxygen atoms in total. The number of ether oxygens (including phenoxy) is 1. The molecule has 27 heavy (non-hydrogen) atoms. The lowest BCUT2D eigenvalue weighted by atomic mass is 10.1. The molecule has 6 heteroatoms. The second kappa shape index (κ2) is 7.64. The number of rotatable bonds is 4. The fourth-order valence-corrected chi connectivity index (χ4v) is 4.73. The van der Waals surface area contributed by atoms with Crippen LogP contribution in [-0.2, 0) is 6.54 Å². The molecule has 1 N–H and O–H groups in total. The van der Waals surface area contributed by atoms with E-state index in [1.165, 1.54) is 11.8 Å². The predicted molar refractivity (Wildman–Crippen MR) is 107 cm³/mol. The van der Waals surface area contributed by atoms with Gasteiger partial charge in [0.05, 0.1) is 31.4 Å². The molecule has 0 unspecified atom stereocenters. The lowest BCUT2D eigenvalue weighted by Crippen LogP contribution is -2.24. The summed E-state index contributed by atoms with van der Waals surface area (Å²) in [6.07, 6.45) is 2.66. The van der Waals surface area contributed by atoms with Crippen molar-refractivity contribution in [2.24, 2.45) is 0 Å². The maximum Gasteiger partial charge on any atom is 0.123 e. The molecule has 0 saturated heterocycles. The first-order valence-electron chi connectivity index (χ1n) is 8.98. The molecule has 1 aromatic heterocycles. The fourth-order valence-electron chi connectivity index (χ4n) is 3.42. The highest BCUT2D eigenvalue weighted by Gasteiger charge is 2.25. The quantitative estimate of drug-likeness (QED) is 0.680. The van der Waals surface area contributed by atoms with Gasteiger partial charge in [0.1, 0.15) is 11.6 Å². The summed E-state index contributed by atoms with van der Waals surface area (Å²) in [7, 11) is 1.68. The van der Waals surface area contributed by atoms with Crippen LogP contribution in [0.4, 0.5) is 10.1 Å². The van der Waals surface area contributed by atoms with E-state index >= 15 is 0 Å². The number of H-pyrrole nitrogens is 1. The highest BCUT2D eigenvalue weighted by atomic mass is 32.2. The van der Waals surface area contributed by atoms with Crippen LogP contribution in [0.15, 0.2) is 53.7 Å². The van der Waals surface area contributed by atoms with Crippen LogP contribution < -0.4 is 9.64 Å². The van der Waals surface area contributed by atoms with Gasteiger partial charge in [0.2, 0.25) is 0 Å². The highest BCUT2D eigenvalue weighted by molar-refractivity contribution is 7.99. The number of aryl methyl sites for hydroxylation is 1. The van der Waals surface area contributed by atoms with Crippen molar-refractivity contribution in [2.75, 3.05) is 18.6 Å². The fraction of sp³-hybridized carbons (Fsp3) is 0.286. The summed E-state index contributed by atoms with van der Waals surface area (Å²) in [5, 5.41) is 0.192. The van der Waals surface area contributed by atoms with Gasteiger partial charge >= 0.3 is 0 Å². The molecule has 1 atom stereocenters. The van der Waals surface area contributed by atoms with Crippen LogP contribution in [0, 0.1) is 12.7 Å². The van der Waals surface area contributed by atoms with Crippen molar-refractivity contribution in [1.29, 1.82) is 0 Å². The maximum absolute atomic E-state index is 13.8. The molecule has 2 heterocycles. The molecule has 4 rings (SSSR count). The summed E-state index contributed by atoms with van der Waals surface area (Å²) in [4.78, 5) is 11.1. The minimum absolute atomic E-state index is 0.188.